The molecule has 1 aromatic rings. The predicted molar refractivity (Wildman–Crippen MR) is 95.6 cm³/mol. The molecule has 0 aromatic heterocycles. The van der Waals surface area contributed by atoms with E-state index < -0.39 is 0 Å². The summed E-state index contributed by atoms with van der Waals surface area (Å²) in [6, 6.07) is 7.57. The second-order valence-electron chi connectivity index (χ2n) is 5.87. The van der Waals surface area contributed by atoms with E-state index in [4.69, 9.17) is 9.47 Å². The highest BCUT2D eigenvalue weighted by Gasteiger charge is 2.29. The van der Waals surface area contributed by atoms with E-state index in [0.29, 0.717) is 0 Å². The third-order valence-corrected chi connectivity index (χ3v) is 4.37. The van der Waals surface area contributed by atoms with Gasteiger partial charge in [0.15, 0.2) is 0 Å². The minimum absolute atomic E-state index is 0.263. The molecule has 0 saturated carbocycles. The van der Waals surface area contributed by atoms with Gasteiger partial charge in [0.05, 0.1) is 7.11 Å². The first-order chi connectivity index (χ1) is 11.1. The van der Waals surface area contributed by atoms with Crippen LogP contribution in [0.15, 0.2) is 30.3 Å². The number of methoxy groups -OCH3 is 1. The molecule has 0 heterocycles. The average molecular weight is 318 g/mol. The molecule has 1 rings (SSSR count). The van der Waals surface area contributed by atoms with Crippen LogP contribution >= 0.6 is 0 Å². The molecule has 23 heavy (non-hydrogen) atoms. The Bertz CT molecular complexity index is 484. The Balaban J connectivity index is 2.64. The van der Waals surface area contributed by atoms with E-state index in [2.05, 4.69) is 20.8 Å². The zero-order chi connectivity index (χ0) is 17.1. The number of esters is 1. The van der Waals surface area contributed by atoms with Crippen molar-refractivity contribution in [3.05, 3.63) is 35.9 Å². The van der Waals surface area contributed by atoms with Crippen molar-refractivity contribution < 1.29 is 14.3 Å². The molecule has 3 heteroatoms. The number of carbonyl (C=O) groups is 1. The molecule has 0 spiro atoms. The molecule has 3 nitrogen and oxygen atoms in total. The monoisotopic (exact) mass is 318 g/mol. The summed E-state index contributed by atoms with van der Waals surface area (Å²) >= 11 is 0. The molecule has 128 valence electrons. The van der Waals surface area contributed by atoms with Crippen LogP contribution in [0.25, 0.3) is 6.08 Å². The van der Waals surface area contributed by atoms with Crippen molar-refractivity contribution in [3.8, 4) is 5.75 Å². The van der Waals surface area contributed by atoms with E-state index in [0.717, 1.165) is 37.0 Å². The van der Waals surface area contributed by atoms with Gasteiger partial charge in [-0.05, 0) is 49.5 Å². The number of benzene rings is 1. The van der Waals surface area contributed by atoms with Crippen molar-refractivity contribution in [1.29, 1.82) is 0 Å². The van der Waals surface area contributed by atoms with Gasteiger partial charge in [-0.25, -0.2) is 4.79 Å². The summed E-state index contributed by atoms with van der Waals surface area (Å²) in [6.45, 7) is 6.37. The number of hydrogen-bond acceptors (Lipinski definition) is 3. The van der Waals surface area contributed by atoms with Crippen molar-refractivity contribution in [2.75, 3.05) is 7.11 Å². The van der Waals surface area contributed by atoms with E-state index >= 15 is 0 Å². The molecule has 0 fully saturated rings. The average Bonchev–Trinajstić information content (AvgIpc) is 2.59. The molecule has 0 unspecified atom stereocenters. The van der Waals surface area contributed by atoms with E-state index in [1.165, 1.54) is 18.9 Å². The fourth-order valence-corrected chi connectivity index (χ4v) is 2.62. The summed E-state index contributed by atoms with van der Waals surface area (Å²) in [7, 11) is 1.63. The molecule has 0 amide bonds. The fraction of sp³-hybridized carbons (Fsp3) is 0.550. The van der Waals surface area contributed by atoms with E-state index in [9.17, 15) is 4.79 Å². The van der Waals surface area contributed by atoms with E-state index in [1.54, 1.807) is 13.2 Å². The van der Waals surface area contributed by atoms with Gasteiger partial charge in [-0.15, -0.1) is 0 Å². The first-order valence-electron chi connectivity index (χ1n) is 8.64. The Morgan fingerprint density at radius 3 is 2.26 bits per heavy atom. The fourth-order valence-electron chi connectivity index (χ4n) is 2.62. The maximum Gasteiger partial charge on any atom is 0.331 e. The molecule has 0 atom stereocenters. The molecule has 0 aliphatic rings. The molecule has 0 aliphatic carbocycles. The summed E-state index contributed by atoms with van der Waals surface area (Å²) in [5.74, 6) is 0.539. The van der Waals surface area contributed by atoms with Crippen LogP contribution in [0.5, 0.6) is 5.75 Å². The van der Waals surface area contributed by atoms with Crippen molar-refractivity contribution in [3.63, 3.8) is 0 Å². The number of ether oxygens (including phenoxy) is 2. The first kappa shape index (κ1) is 19.3. The standard InChI is InChI=1S/C20H30O3/c1-5-8-9-16-20(6-2,7-3)23-19(21)15-12-17-10-13-18(22-4)14-11-17/h10-15H,5-9,16H2,1-4H3. The molecular formula is C20H30O3. The van der Waals surface area contributed by atoms with Crippen LogP contribution in [0.1, 0.15) is 64.9 Å². The second-order valence-corrected chi connectivity index (χ2v) is 5.87. The lowest BCUT2D eigenvalue weighted by molar-refractivity contribution is -0.155. The van der Waals surface area contributed by atoms with Gasteiger partial charge in [0.25, 0.3) is 0 Å². The minimum atomic E-state index is -0.323. The van der Waals surface area contributed by atoms with Gasteiger partial charge in [-0.2, -0.15) is 0 Å². The zero-order valence-electron chi connectivity index (χ0n) is 14.9. The normalized spacial score (nSPS) is 11.7. The Kier molecular flexibility index (Phi) is 8.46. The van der Waals surface area contributed by atoms with Crippen LogP contribution in [0.2, 0.25) is 0 Å². The highest BCUT2D eigenvalue weighted by Crippen LogP contribution is 2.28. The number of carbonyl (C=O) groups excluding carboxylic acids is 1. The molecular weight excluding hydrogens is 288 g/mol. The number of unbranched alkanes of at least 4 members (excludes halogenated alkanes) is 2. The predicted octanol–water partition coefficient (Wildman–Crippen LogP) is 5.39. The second kappa shape index (κ2) is 10.1. The van der Waals surface area contributed by atoms with Crippen molar-refractivity contribution in [1.82, 2.24) is 0 Å². The Morgan fingerprint density at radius 1 is 1.09 bits per heavy atom. The summed E-state index contributed by atoms with van der Waals surface area (Å²) < 4.78 is 10.9. The largest absolute Gasteiger partial charge is 0.497 e. The van der Waals surface area contributed by atoms with Crippen molar-refractivity contribution in [2.24, 2.45) is 0 Å². The van der Waals surface area contributed by atoms with Crippen molar-refractivity contribution in [2.45, 2.75) is 64.9 Å². The van der Waals surface area contributed by atoms with Gasteiger partial charge in [0, 0.05) is 6.08 Å². The van der Waals surface area contributed by atoms with Gasteiger partial charge in [0.2, 0.25) is 0 Å². The molecule has 0 bridgehead atoms. The van der Waals surface area contributed by atoms with Gasteiger partial charge in [-0.3, -0.25) is 0 Å². The summed E-state index contributed by atoms with van der Waals surface area (Å²) in [5, 5.41) is 0. The van der Waals surface area contributed by atoms with Crippen LogP contribution in [-0.4, -0.2) is 18.7 Å². The Morgan fingerprint density at radius 2 is 1.74 bits per heavy atom. The van der Waals surface area contributed by atoms with Crippen LogP contribution < -0.4 is 4.74 Å². The van der Waals surface area contributed by atoms with E-state index in [-0.39, 0.29) is 11.6 Å². The maximum absolute atomic E-state index is 12.2. The SMILES string of the molecule is CCCCCC(CC)(CC)OC(=O)C=Cc1ccc(OC)cc1. The summed E-state index contributed by atoms with van der Waals surface area (Å²) in [5.41, 5.74) is 0.628. The van der Waals surface area contributed by atoms with Gasteiger partial charge >= 0.3 is 5.97 Å². The quantitative estimate of drug-likeness (QED) is 0.329. The van der Waals surface area contributed by atoms with Crippen molar-refractivity contribution >= 4 is 12.0 Å². The zero-order valence-corrected chi connectivity index (χ0v) is 14.9. The lowest BCUT2D eigenvalue weighted by Crippen LogP contribution is -2.33. The van der Waals surface area contributed by atoms with Crippen LogP contribution in [-0.2, 0) is 9.53 Å². The lowest BCUT2D eigenvalue weighted by atomic mass is 9.90. The summed E-state index contributed by atoms with van der Waals surface area (Å²) in [4.78, 5) is 12.2. The Hall–Kier alpha value is -1.77. The first-order valence-corrected chi connectivity index (χ1v) is 8.64. The van der Waals surface area contributed by atoms with Gasteiger partial charge in [0.1, 0.15) is 11.4 Å². The van der Waals surface area contributed by atoms with E-state index in [1.807, 2.05) is 24.3 Å². The third-order valence-electron chi connectivity index (χ3n) is 4.37. The smallest absolute Gasteiger partial charge is 0.331 e. The number of rotatable bonds is 10. The molecule has 0 aliphatic heterocycles. The topological polar surface area (TPSA) is 35.5 Å². The highest BCUT2D eigenvalue weighted by molar-refractivity contribution is 5.87. The minimum Gasteiger partial charge on any atom is -0.497 e. The van der Waals surface area contributed by atoms with Crippen LogP contribution in [0.4, 0.5) is 0 Å². The van der Waals surface area contributed by atoms with Gasteiger partial charge in [-0.1, -0.05) is 45.7 Å². The maximum atomic E-state index is 12.2. The highest BCUT2D eigenvalue weighted by atomic mass is 16.6. The molecule has 0 N–H and O–H groups in total. The van der Waals surface area contributed by atoms with Crippen LogP contribution in [0.3, 0.4) is 0 Å². The molecule has 0 saturated heterocycles. The molecule has 1 aromatic carbocycles. The summed E-state index contributed by atoms with van der Waals surface area (Å²) in [6.07, 6.45) is 9.41. The Labute approximate surface area is 140 Å². The lowest BCUT2D eigenvalue weighted by Gasteiger charge is -2.31. The van der Waals surface area contributed by atoms with Gasteiger partial charge < -0.3 is 9.47 Å². The van der Waals surface area contributed by atoms with Crippen LogP contribution in [0, 0.1) is 0 Å². The third kappa shape index (κ3) is 6.47. The number of hydrogen-bond donors (Lipinski definition) is 0. The molecule has 0 radical (unpaired) electrons.